The van der Waals surface area contributed by atoms with Gasteiger partial charge in [0, 0.05) is 6.61 Å². The van der Waals surface area contributed by atoms with Crippen molar-refractivity contribution in [1.29, 1.82) is 0 Å². The van der Waals surface area contributed by atoms with Crippen molar-refractivity contribution in [3.05, 3.63) is 29.8 Å². The van der Waals surface area contributed by atoms with E-state index in [2.05, 4.69) is 0 Å². The topological polar surface area (TPSA) is 53.7 Å². The van der Waals surface area contributed by atoms with Gasteiger partial charge in [0.2, 0.25) is 0 Å². The zero-order chi connectivity index (χ0) is 13.9. The molecule has 0 bridgehead atoms. The van der Waals surface area contributed by atoms with E-state index in [1.165, 1.54) is 5.56 Å². The molecule has 0 saturated carbocycles. The molecule has 0 aliphatic rings. The molecule has 19 heavy (non-hydrogen) atoms. The van der Waals surface area contributed by atoms with Gasteiger partial charge in [-0.2, -0.15) is 0 Å². The van der Waals surface area contributed by atoms with E-state index in [4.69, 9.17) is 19.9 Å². The minimum absolute atomic E-state index is 0.107. The standard InChI is InChI=1S/C15H25NO3/c1-3-17-12-13(2)18-10-11-19-15-6-4-14(5-7-15)8-9-16/h4-7,13H,3,8-12,16H2,1-2H3. The van der Waals surface area contributed by atoms with Crippen molar-refractivity contribution in [3.63, 3.8) is 0 Å². The first kappa shape index (κ1) is 16.0. The average Bonchev–Trinajstić information content (AvgIpc) is 2.43. The summed E-state index contributed by atoms with van der Waals surface area (Å²) in [6.45, 7) is 7.11. The van der Waals surface area contributed by atoms with Gasteiger partial charge in [-0.15, -0.1) is 0 Å². The first-order valence-corrected chi connectivity index (χ1v) is 6.87. The molecular weight excluding hydrogens is 242 g/mol. The summed E-state index contributed by atoms with van der Waals surface area (Å²) in [6.07, 6.45) is 1.01. The van der Waals surface area contributed by atoms with Crippen molar-refractivity contribution >= 4 is 0 Å². The fourth-order valence-electron chi connectivity index (χ4n) is 1.66. The summed E-state index contributed by atoms with van der Waals surface area (Å²) in [6, 6.07) is 8.02. The highest BCUT2D eigenvalue weighted by Gasteiger charge is 2.01. The molecule has 0 amide bonds. The predicted octanol–water partition coefficient (Wildman–Crippen LogP) is 2.01. The second-order valence-corrected chi connectivity index (χ2v) is 4.37. The third-order valence-corrected chi connectivity index (χ3v) is 2.67. The maximum absolute atomic E-state index is 5.60. The van der Waals surface area contributed by atoms with E-state index < -0.39 is 0 Å². The molecule has 4 nitrogen and oxygen atoms in total. The Morgan fingerprint density at radius 3 is 2.53 bits per heavy atom. The molecule has 0 heterocycles. The van der Waals surface area contributed by atoms with Crippen molar-refractivity contribution in [2.45, 2.75) is 26.4 Å². The molecule has 4 heteroatoms. The Morgan fingerprint density at radius 1 is 1.16 bits per heavy atom. The van der Waals surface area contributed by atoms with Crippen LogP contribution >= 0.6 is 0 Å². The fourth-order valence-corrected chi connectivity index (χ4v) is 1.66. The number of ether oxygens (including phenoxy) is 3. The molecule has 0 fully saturated rings. The number of nitrogens with two attached hydrogens (primary N) is 1. The van der Waals surface area contributed by atoms with E-state index >= 15 is 0 Å². The van der Waals surface area contributed by atoms with Gasteiger partial charge in [0.25, 0.3) is 0 Å². The highest BCUT2D eigenvalue weighted by molar-refractivity contribution is 5.27. The SMILES string of the molecule is CCOCC(C)OCCOc1ccc(CCN)cc1. The molecule has 1 aromatic rings. The molecule has 0 aliphatic heterocycles. The van der Waals surface area contributed by atoms with Crippen LogP contribution in [0.5, 0.6) is 5.75 Å². The maximum Gasteiger partial charge on any atom is 0.119 e. The molecule has 1 rings (SSSR count). The van der Waals surface area contributed by atoms with Gasteiger partial charge < -0.3 is 19.9 Å². The summed E-state index contributed by atoms with van der Waals surface area (Å²) in [5.74, 6) is 0.863. The molecule has 0 radical (unpaired) electrons. The summed E-state index contributed by atoms with van der Waals surface area (Å²) in [4.78, 5) is 0. The van der Waals surface area contributed by atoms with Gasteiger partial charge in [0.05, 0.1) is 19.3 Å². The van der Waals surface area contributed by atoms with Crippen LogP contribution in [0.25, 0.3) is 0 Å². The lowest BCUT2D eigenvalue weighted by molar-refractivity contribution is -0.0128. The van der Waals surface area contributed by atoms with E-state index in [-0.39, 0.29) is 6.10 Å². The number of benzene rings is 1. The van der Waals surface area contributed by atoms with Gasteiger partial charge >= 0.3 is 0 Å². The Kier molecular flexibility index (Phi) is 8.21. The minimum Gasteiger partial charge on any atom is -0.491 e. The van der Waals surface area contributed by atoms with E-state index in [0.29, 0.717) is 26.4 Å². The van der Waals surface area contributed by atoms with E-state index in [9.17, 15) is 0 Å². The van der Waals surface area contributed by atoms with E-state index in [1.54, 1.807) is 0 Å². The van der Waals surface area contributed by atoms with Crippen molar-refractivity contribution in [2.24, 2.45) is 5.73 Å². The average molecular weight is 267 g/mol. The molecule has 108 valence electrons. The zero-order valence-corrected chi connectivity index (χ0v) is 11.9. The number of rotatable bonds is 10. The van der Waals surface area contributed by atoms with Crippen LogP contribution in [-0.4, -0.2) is 39.1 Å². The van der Waals surface area contributed by atoms with Crippen LogP contribution in [0.2, 0.25) is 0 Å². The van der Waals surface area contributed by atoms with Gasteiger partial charge in [0.1, 0.15) is 12.4 Å². The Hall–Kier alpha value is -1.10. The Balaban J connectivity index is 2.15. The first-order valence-electron chi connectivity index (χ1n) is 6.87. The Morgan fingerprint density at radius 2 is 1.89 bits per heavy atom. The Bertz CT molecular complexity index is 327. The smallest absolute Gasteiger partial charge is 0.119 e. The second kappa shape index (κ2) is 9.78. The number of hydrogen-bond donors (Lipinski definition) is 1. The highest BCUT2D eigenvalue weighted by atomic mass is 16.5. The lowest BCUT2D eigenvalue weighted by Crippen LogP contribution is -2.19. The lowest BCUT2D eigenvalue weighted by atomic mass is 10.1. The van der Waals surface area contributed by atoms with Gasteiger partial charge in [-0.1, -0.05) is 12.1 Å². The molecule has 1 unspecified atom stereocenters. The summed E-state index contributed by atoms with van der Waals surface area (Å²) in [7, 11) is 0. The van der Waals surface area contributed by atoms with Gasteiger partial charge in [-0.05, 0) is 44.5 Å². The van der Waals surface area contributed by atoms with Crippen molar-refractivity contribution < 1.29 is 14.2 Å². The van der Waals surface area contributed by atoms with Crippen molar-refractivity contribution in [1.82, 2.24) is 0 Å². The van der Waals surface area contributed by atoms with Crippen LogP contribution in [0.1, 0.15) is 19.4 Å². The second-order valence-electron chi connectivity index (χ2n) is 4.37. The summed E-state index contributed by atoms with van der Waals surface area (Å²) in [5, 5.41) is 0. The maximum atomic E-state index is 5.60. The van der Waals surface area contributed by atoms with Crippen LogP contribution in [0.15, 0.2) is 24.3 Å². The molecule has 1 aromatic carbocycles. The molecular formula is C15H25NO3. The molecule has 0 spiro atoms. The van der Waals surface area contributed by atoms with Crippen LogP contribution in [0.3, 0.4) is 0 Å². The van der Waals surface area contributed by atoms with Crippen LogP contribution in [-0.2, 0) is 15.9 Å². The van der Waals surface area contributed by atoms with Gasteiger partial charge in [-0.25, -0.2) is 0 Å². The predicted molar refractivity (Wildman–Crippen MR) is 76.6 cm³/mol. The number of hydrogen-bond acceptors (Lipinski definition) is 4. The quantitative estimate of drug-likeness (QED) is 0.659. The zero-order valence-electron chi connectivity index (χ0n) is 11.9. The minimum atomic E-state index is 0.107. The van der Waals surface area contributed by atoms with Gasteiger partial charge in [0.15, 0.2) is 0 Å². The summed E-state index contributed by atoms with van der Waals surface area (Å²) in [5.41, 5.74) is 6.73. The van der Waals surface area contributed by atoms with E-state index in [1.807, 2.05) is 38.1 Å². The first-order chi connectivity index (χ1) is 9.26. The third-order valence-electron chi connectivity index (χ3n) is 2.67. The molecule has 0 saturated heterocycles. The summed E-state index contributed by atoms with van der Waals surface area (Å²) >= 11 is 0. The van der Waals surface area contributed by atoms with Crippen LogP contribution in [0.4, 0.5) is 0 Å². The summed E-state index contributed by atoms with van der Waals surface area (Å²) < 4.78 is 16.4. The monoisotopic (exact) mass is 267 g/mol. The highest BCUT2D eigenvalue weighted by Crippen LogP contribution is 2.12. The molecule has 2 N–H and O–H groups in total. The van der Waals surface area contributed by atoms with Crippen LogP contribution < -0.4 is 10.5 Å². The normalized spacial score (nSPS) is 12.4. The van der Waals surface area contributed by atoms with E-state index in [0.717, 1.165) is 18.8 Å². The Labute approximate surface area is 115 Å². The fraction of sp³-hybridized carbons (Fsp3) is 0.600. The van der Waals surface area contributed by atoms with Gasteiger partial charge in [-0.3, -0.25) is 0 Å². The van der Waals surface area contributed by atoms with Crippen molar-refractivity contribution in [3.8, 4) is 5.75 Å². The third kappa shape index (κ3) is 7.15. The lowest BCUT2D eigenvalue weighted by Gasteiger charge is -2.13. The molecule has 1 atom stereocenters. The molecule has 0 aliphatic carbocycles. The molecule has 0 aromatic heterocycles. The van der Waals surface area contributed by atoms with Crippen molar-refractivity contribution in [2.75, 3.05) is 33.0 Å². The largest absolute Gasteiger partial charge is 0.491 e. The van der Waals surface area contributed by atoms with Crippen LogP contribution in [0, 0.1) is 0 Å².